The molecule has 0 aliphatic carbocycles. The Labute approximate surface area is 144 Å². The molecule has 3 rings (SSSR count). The lowest BCUT2D eigenvalue weighted by Crippen LogP contribution is -2.22. The van der Waals surface area contributed by atoms with E-state index in [-0.39, 0.29) is 6.10 Å². The van der Waals surface area contributed by atoms with Crippen LogP contribution in [0, 0.1) is 0 Å². The summed E-state index contributed by atoms with van der Waals surface area (Å²) < 4.78 is 6.05. The Morgan fingerprint density at radius 1 is 1.08 bits per heavy atom. The number of hydrogen-bond acceptors (Lipinski definition) is 3. The Kier molecular flexibility index (Phi) is 5.65. The van der Waals surface area contributed by atoms with Gasteiger partial charge in [-0.05, 0) is 29.7 Å². The van der Waals surface area contributed by atoms with Gasteiger partial charge in [-0.15, -0.1) is 0 Å². The van der Waals surface area contributed by atoms with E-state index in [0.717, 1.165) is 25.1 Å². The van der Waals surface area contributed by atoms with Gasteiger partial charge in [0.15, 0.2) is 0 Å². The van der Waals surface area contributed by atoms with Gasteiger partial charge in [-0.2, -0.15) is 0 Å². The number of ketones is 1. The fourth-order valence-corrected chi connectivity index (χ4v) is 3.06. The summed E-state index contributed by atoms with van der Waals surface area (Å²) in [6, 6.07) is 18.7. The second-order valence-electron chi connectivity index (χ2n) is 6.39. The SMILES string of the molecule is CCC(=O)Cc1ccc(N2CCC(OCc3ccccc3)C2)cc1. The van der Waals surface area contributed by atoms with Gasteiger partial charge in [0.25, 0.3) is 0 Å². The standard InChI is InChI=1S/C21H25NO2/c1-2-20(23)14-17-8-10-19(11-9-17)22-13-12-21(15-22)24-16-18-6-4-3-5-7-18/h3-11,21H,2,12-16H2,1H3. The molecule has 126 valence electrons. The van der Waals surface area contributed by atoms with Gasteiger partial charge in [0, 0.05) is 31.6 Å². The van der Waals surface area contributed by atoms with Crippen LogP contribution >= 0.6 is 0 Å². The topological polar surface area (TPSA) is 29.5 Å². The summed E-state index contributed by atoms with van der Waals surface area (Å²) in [4.78, 5) is 13.9. The number of rotatable bonds is 7. The number of carbonyl (C=O) groups excluding carboxylic acids is 1. The molecule has 24 heavy (non-hydrogen) atoms. The van der Waals surface area contributed by atoms with Gasteiger partial charge in [0.1, 0.15) is 5.78 Å². The van der Waals surface area contributed by atoms with Crippen LogP contribution in [0.1, 0.15) is 30.9 Å². The first-order valence-corrected chi connectivity index (χ1v) is 8.75. The molecule has 1 heterocycles. The Hall–Kier alpha value is -2.13. The van der Waals surface area contributed by atoms with Crippen molar-refractivity contribution in [3.05, 3.63) is 65.7 Å². The Morgan fingerprint density at radius 3 is 2.54 bits per heavy atom. The van der Waals surface area contributed by atoms with Crippen LogP contribution in [0.25, 0.3) is 0 Å². The Balaban J connectivity index is 1.51. The molecule has 3 heteroatoms. The Bertz CT molecular complexity index is 651. The summed E-state index contributed by atoms with van der Waals surface area (Å²) in [7, 11) is 0. The van der Waals surface area contributed by atoms with Gasteiger partial charge in [0.2, 0.25) is 0 Å². The van der Waals surface area contributed by atoms with E-state index in [1.165, 1.54) is 11.3 Å². The third-order valence-corrected chi connectivity index (χ3v) is 4.57. The van der Waals surface area contributed by atoms with Crippen molar-refractivity contribution in [2.75, 3.05) is 18.0 Å². The predicted molar refractivity (Wildman–Crippen MR) is 97.3 cm³/mol. The van der Waals surface area contributed by atoms with Crippen molar-refractivity contribution in [2.45, 2.75) is 38.9 Å². The normalized spacial score (nSPS) is 17.2. The van der Waals surface area contributed by atoms with Crippen LogP contribution in [0.3, 0.4) is 0 Å². The molecule has 1 atom stereocenters. The molecule has 0 saturated carbocycles. The van der Waals surface area contributed by atoms with Crippen molar-refractivity contribution in [3.63, 3.8) is 0 Å². The molecule has 1 aliphatic heterocycles. The molecular formula is C21H25NO2. The van der Waals surface area contributed by atoms with Crippen LogP contribution in [0.2, 0.25) is 0 Å². The minimum Gasteiger partial charge on any atom is -0.372 e. The highest BCUT2D eigenvalue weighted by Crippen LogP contribution is 2.23. The fraction of sp³-hybridized carbons (Fsp3) is 0.381. The fourth-order valence-electron chi connectivity index (χ4n) is 3.06. The molecule has 0 aromatic heterocycles. The van der Waals surface area contributed by atoms with Gasteiger partial charge in [-0.1, -0.05) is 49.4 Å². The van der Waals surface area contributed by atoms with Crippen molar-refractivity contribution < 1.29 is 9.53 Å². The van der Waals surface area contributed by atoms with E-state index >= 15 is 0 Å². The van der Waals surface area contributed by atoms with Gasteiger partial charge in [-0.25, -0.2) is 0 Å². The van der Waals surface area contributed by atoms with E-state index in [2.05, 4.69) is 41.3 Å². The van der Waals surface area contributed by atoms with E-state index < -0.39 is 0 Å². The van der Waals surface area contributed by atoms with Crippen molar-refractivity contribution in [2.24, 2.45) is 0 Å². The number of anilines is 1. The van der Waals surface area contributed by atoms with E-state index in [4.69, 9.17) is 4.74 Å². The summed E-state index contributed by atoms with van der Waals surface area (Å²) >= 11 is 0. The summed E-state index contributed by atoms with van der Waals surface area (Å²) in [5.74, 6) is 0.290. The van der Waals surface area contributed by atoms with Gasteiger partial charge < -0.3 is 9.64 Å². The summed E-state index contributed by atoms with van der Waals surface area (Å²) in [6.07, 6.45) is 2.49. The number of ether oxygens (including phenoxy) is 1. The molecule has 0 radical (unpaired) electrons. The van der Waals surface area contributed by atoms with Crippen molar-refractivity contribution >= 4 is 11.5 Å². The van der Waals surface area contributed by atoms with Crippen molar-refractivity contribution in [1.29, 1.82) is 0 Å². The maximum atomic E-state index is 11.5. The monoisotopic (exact) mass is 323 g/mol. The molecule has 0 spiro atoms. The van der Waals surface area contributed by atoms with E-state index in [0.29, 0.717) is 25.2 Å². The number of carbonyl (C=O) groups is 1. The molecular weight excluding hydrogens is 298 g/mol. The second-order valence-corrected chi connectivity index (χ2v) is 6.39. The third-order valence-electron chi connectivity index (χ3n) is 4.57. The zero-order valence-corrected chi connectivity index (χ0v) is 14.3. The lowest BCUT2D eigenvalue weighted by Gasteiger charge is -2.19. The van der Waals surface area contributed by atoms with Crippen molar-refractivity contribution in [3.8, 4) is 0 Å². The first-order valence-electron chi connectivity index (χ1n) is 8.75. The molecule has 0 N–H and O–H groups in total. The average Bonchev–Trinajstić information content (AvgIpc) is 3.10. The van der Waals surface area contributed by atoms with Gasteiger partial charge in [-0.3, -0.25) is 4.79 Å². The minimum atomic E-state index is 0.284. The molecule has 1 saturated heterocycles. The number of benzene rings is 2. The quantitative estimate of drug-likeness (QED) is 0.771. The zero-order chi connectivity index (χ0) is 16.8. The number of Topliss-reactive ketones (excluding diaryl/α,β-unsaturated/α-hetero) is 1. The minimum absolute atomic E-state index is 0.284. The number of nitrogens with zero attached hydrogens (tertiary/aromatic N) is 1. The molecule has 1 aliphatic rings. The summed E-state index contributed by atoms with van der Waals surface area (Å²) in [6.45, 7) is 4.54. The zero-order valence-electron chi connectivity index (χ0n) is 14.3. The first kappa shape index (κ1) is 16.7. The summed E-state index contributed by atoms with van der Waals surface area (Å²) in [5.41, 5.74) is 3.54. The van der Waals surface area contributed by atoms with E-state index in [1.54, 1.807) is 0 Å². The first-order chi connectivity index (χ1) is 11.7. The molecule has 0 bridgehead atoms. The van der Waals surface area contributed by atoms with Crippen LogP contribution in [0.5, 0.6) is 0 Å². The highest BCUT2D eigenvalue weighted by atomic mass is 16.5. The maximum absolute atomic E-state index is 11.5. The molecule has 2 aromatic rings. The molecule has 1 unspecified atom stereocenters. The molecule has 1 fully saturated rings. The second kappa shape index (κ2) is 8.11. The third kappa shape index (κ3) is 4.45. The highest BCUT2D eigenvalue weighted by molar-refractivity contribution is 5.80. The summed E-state index contributed by atoms with van der Waals surface area (Å²) in [5, 5.41) is 0. The van der Waals surface area contributed by atoms with E-state index in [1.807, 2.05) is 25.1 Å². The lowest BCUT2D eigenvalue weighted by atomic mass is 10.1. The van der Waals surface area contributed by atoms with E-state index in [9.17, 15) is 4.79 Å². The molecule has 3 nitrogen and oxygen atoms in total. The lowest BCUT2D eigenvalue weighted by molar-refractivity contribution is -0.118. The maximum Gasteiger partial charge on any atom is 0.136 e. The number of hydrogen-bond donors (Lipinski definition) is 0. The van der Waals surface area contributed by atoms with Crippen LogP contribution in [-0.4, -0.2) is 25.0 Å². The van der Waals surface area contributed by atoms with Crippen LogP contribution in [-0.2, 0) is 22.6 Å². The molecule has 0 amide bonds. The van der Waals surface area contributed by atoms with Gasteiger partial charge >= 0.3 is 0 Å². The van der Waals surface area contributed by atoms with Crippen molar-refractivity contribution in [1.82, 2.24) is 0 Å². The van der Waals surface area contributed by atoms with Crippen LogP contribution < -0.4 is 4.90 Å². The molecule has 2 aromatic carbocycles. The van der Waals surface area contributed by atoms with Crippen LogP contribution in [0.15, 0.2) is 54.6 Å². The smallest absolute Gasteiger partial charge is 0.136 e. The Morgan fingerprint density at radius 2 is 1.83 bits per heavy atom. The largest absolute Gasteiger partial charge is 0.372 e. The predicted octanol–water partition coefficient (Wildman–Crippen LogP) is 4.00. The van der Waals surface area contributed by atoms with Gasteiger partial charge in [0.05, 0.1) is 12.7 Å². The highest BCUT2D eigenvalue weighted by Gasteiger charge is 2.23. The average molecular weight is 323 g/mol. The van der Waals surface area contributed by atoms with Crippen LogP contribution in [0.4, 0.5) is 5.69 Å².